The molecule has 0 fully saturated rings. The Kier molecular flexibility index (Phi) is 3.69. The predicted octanol–water partition coefficient (Wildman–Crippen LogP) is 3.36. The van der Waals surface area contributed by atoms with Crippen molar-refractivity contribution < 1.29 is 27.8 Å². The van der Waals surface area contributed by atoms with Gasteiger partial charge in [0.05, 0.1) is 7.11 Å². The summed E-state index contributed by atoms with van der Waals surface area (Å²) in [4.78, 5) is 4.04. The molecule has 0 aliphatic carbocycles. The Balaban J connectivity index is 2.46. The van der Waals surface area contributed by atoms with Crippen molar-refractivity contribution in [2.24, 2.45) is 0 Å². The summed E-state index contributed by atoms with van der Waals surface area (Å²) >= 11 is 0. The molecule has 4 nitrogen and oxygen atoms in total. The molecule has 0 saturated heterocycles. The number of phenolic OH excluding ortho intramolecular Hbond substituents is 1. The number of hydrogen-bond acceptors (Lipinski definition) is 4. The molecule has 1 heterocycles. The molecule has 106 valence electrons. The van der Waals surface area contributed by atoms with Crippen molar-refractivity contribution >= 4 is 0 Å². The zero-order valence-electron chi connectivity index (χ0n) is 10.3. The zero-order valence-corrected chi connectivity index (χ0v) is 10.3. The number of alkyl halides is 3. The minimum Gasteiger partial charge on any atom is -0.504 e. The van der Waals surface area contributed by atoms with Crippen molar-refractivity contribution in [2.75, 3.05) is 7.11 Å². The molecule has 2 rings (SSSR count). The van der Waals surface area contributed by atoms with Crippen molar-refractivity contribution in [3.8, 4) is 28.5 Å². The molecule has 7 heteroatoms. The molecule has 1 aromatic carbocycles. The maximum atomic E-state index is 12.2. The minimum atomic E-state index is -4.88. The first-order valence-electron chi connectivity index (χ1n) is 5.49. The number of rotatable bonds is 3. The standard InChI is InChI=1S/C13H10F3NO3/c1-19-10-3-2-6-17-12(10)8-4-5-9(18)11(7-8)20-13(14,15)16/h2-7,18H,1H3. The molecule has 0 amide bonds. The number of phenols is 1. The first-order chi connectivity index (χ1) is 9.40. The maximum Gasteiger partial charge on any atom is 0.573 e. The van der Waals surface area contributed by atoms with E-state index in [1.165, 1.54) is 19.4 Å². The van der Waals surface area contributed by atoms with Crippen LogP contribution in [0.25, 0.3) is 11.3 Å². The molecule has 2 aromatic rings. The summed E-state index contributed by atoms with van der Waals surface area (Å²) in [6, 6.07) is 6.83. The van der Waals surface area contributed by atoms with E-state index in [-0.39, 0.29) is 0 Å². The first kappa shape index (κ1) is 14.0. The van der Waals surface area contributed by atoms with Gasteiger partial charge in [-0.3, -0.25) is 4.98 Å². The SMILES string of the molecule is COc1cccnc1-c1ccc(O)c(OC(F)(F)F)c1. The highest BCUT2D eigenvalue weighted by Gasteiger charge is 2.32. The fourth-order valence-electron chi connectivity index (χ4n) is 1.64. The molecule has 0 unspecified atom stereocenters. The molecular formula is C13H10F3NO3. The van der Waals surface area contributed by atoms with Gasteiger partial charge in [0, 0.05) is 11.8 Å². The van der Waals surface area contributed by atoms with Crippen molar-refractivity contribution in [1.29, 1.82) is 0 Å². The van der Waals surface area contributed by atoms with Gasteiger partial charge in [0.25, 0.3) is 0 Å². The van der Waals surface area contributed by atoms with Gasteiger partial charge in [0.1, 0.15) is 11.4 Å². The highest BCUT2D eigenvalue weighted by Crippen LogP contribution is 2.36. The number of aromatic hydroxyl groups is 1. The van der Waals surface area contributed by atoms with Crippen LogP contribution in [0.3, 0.4) is 0 Å². The highest BCUT2D eigenvalue weighted by atomic mass is 19.4. The van der Waals surface area contributed by atoms with Crippen molar-refractivity contribution in [3.63, 3.8) is 0 Å². The lowest BCUT2D eigenvalue weighted by Gasteiger charge is -2.12. The van der Waals surface area contributed by atoms with Crippen LogP contribution in [0.5, 0.6) is 17.2 Å². The van der Waals surface area contributed by atoms with Crippen LogP contribution >= 0.6 is 0 Å². The average Bonchev–Trinajstić information content (AvgIpc) is 2.40. The average molecular weight is 285 g/mol. The van der Waals surface area contributed by atoms with Gasteiger partial charge in [0.15, 0.2) is 11.5 Å². The number of hydrogen-bond donors (Lipinski definition) is 1. The first-order valence-corrected chi connectivity index (χ1v) is 5.49. The second-order valence-corrected chi connectivity index (χ2v) is 3.78. The molecule has 0 saturated carbocycles. The maximum absolute atomic E-state index is 12.2. The summed E-state index contributed by atoms with van der Waals surface area (Å²) in [6.07, 6.45) is -3.40. The fraction of sp³-hybridized carbons (Fsp3) is 0.154. The minimum absolute atomic E-state index is 0.333. The van der Waals surface area contributed by atoms with Gasteiger partial charge in [-0.15, -0.1) is 13.2 Å². The number of ether oxygens (including phenoxy) is 2. The van der Waals surface area contributed by atoms with Crippen molar-refractivity contribution in [3.05, 3.63) is 36.5 Å². The normalized spacial score (nSPS) is 11.2. The topological polar surface area (TPSA) is 51.6 Å². The molecule has 1 N–H and O–H groups in total. The van der Waals surface area contributed by atoms with Crippen LogP contribution in [0.1, 0.15) is 0 Å². The van der Waals surface area contributed by atoms with Gasteiger partial charge in [-0.2, -0.15) is 0 Å². The lowest BCUT2D eigenvalue weighted by Crippen LogP contribution is -2.17. The largest absolute Gasteiger partial charge is 0.573 e. The lowest BCUT2D eigenvalue weighted by molar-refractivity contribution is -0.275. The van der Waals surface area contributed by atoms with Crippen LogP contribution in [-0.4, -0.2) is 23.6 Å². The number of pyridine rings is 1. The van der Waals surface area contributed by atoms with Crippen molar-refractivity contribution in [1.82, 2.24) is 4.98 Å². The molecule has 0 spiro atoms. The Morgan fingerprint density at radius 1 is 1.15 bits per heavy atom. The van der Waals surface area contributed by atoms with Gasteiger partial charge >= 0.3 is 6.36 Å². The number of methoxy groups -OCH3 is 1. The summed E-state index contributed by atoms with van der Waals surface area (Å²) in [5, 5.41) is 9.40. The number of nitrogens with zero attached hydrogens (tertiary/aromatic N) is 1. The Bertz CT molecular complexity index is 614. The second kappa shape index (κ2) is 5.28. The zero-order chi connectivity index (χ0) is 14.8. The third-order valence-corrected chi connectivity index (χ3v) is 2.45. The van der Waals surface area contributed by atoms with E-state index >= 15 is 0 Å². The van der Waals surface area contributed by atoms with E-state index in [1.54, 1.807) is 12.1 Å². The van der Waals surface area contributed by atoms with E-state index in [9.17, 15) is 18.3 Å². The molecule has 0 aliphatic rings. The Morgan fingerprint density at radius 2 is 1.90 bits per heavy atom. The van der Waals surface area contributed by atoms with E-state index in [0.29, 0.717) is 17.0 Å². The van der Waals surface area contributed by atoms with Gasteiger partial charge in [-0.25, -0.2) is 0 Å². The molecule has 0 atom stereocenters. The van der Waals surface area contributed by atoms with Gasteiger partial charge in [-0.1, -0.05) is 0 Å². The molecule has 0 bridgehead atoms. The van der Waals surface area contributed by atoms with E-state index in [4.69, 9.17) is 4.74 Å². The summed E-state index contributed by atoms with van der Waals surface area (Å²) in [5.74, 6) is -0.903. The smallest absolute Gasteiger partial charge is 0.504 e. The van der Waals surface area contributed by atoms with Crippen molar-refractivity contribution in [2.45, 2.75) is 6.36 Å². The Morgan fingerprint density at radius 3 is 2.55 bits per heavy atom. The molecular weight excluding hydrogens is 275 g/mol. The Hall–Kier alpha value is -2.44. The Labute approximate surface area is 112 Å². The summed E-state index contributed by atoms with van der Waals surface area (Å²) in [7, 11) is 1.42. The summed E-state index contributed by atoms with van der Waals surface area (Å²) < 4.78 is 45.5. The quantitative estimate of drug-likeness (QED) is 0.939. The lowest BCUT2D eigenvalue weighted by atomic mass is 10.1. The predicted molar refractivity (Wildman–Crippen MR) is 64.6 cm³/mol. The van der Waals surface area contributed by atoms with Crippen LogP contribution in [0.15, 0.2) is 36.5 Å². The highest BCUT2D eigenvalue weighted by molar-refractivity contribution is 5.69. The van der Waals surface area contributed by atoms with Crippen LogP contribution in [0.2, 0.25) is 0 Å². The third-order valence-electron chi connectivity index (χ3n) is 2.45. The summed E-state index contributed by atoms with van der Waals surface area (Å²) in [5.41, 5.74) is 0.682. The fourth-order valence-corrected chi connectivity index (χ4v) is 1.64. The van der Waals surface area contributed by atoms with E-state index in [1.807, 2.05) is 0 Å². The molecule has 1 aromatic heterocycles. The second-order valence-electron chi connectivity index (χ2n) is 3.78. The monoisotopic (exact) mass is 285 g/mol. The van der Waals surface area contributed by atoms with Gasteiger partial charge in [-0.05, 0) is 30.3 Å². The number of benzene rings is 1. The third kappa shape index (κ3) is 3.11. The molecule has 0 aliphatic heterocycles. The number of halogens is 3. The van der Waals surface area contributed by atoms with Crippen LogP contribution in [0.4, 0.5) is 13.2 Å². The van der Waals surface area contributed by atoms with E-state index < -0.39 is 17.9 Å². The number of aromatic nitrogens is 1. The summed E-state index contributed by atoms with van der Waals surface area (Å²) in [6.45, 7) is 0. The van der Waals surface area contributed by atoms with E-state index in [2.05, 4.69) is 9.72 Å². The van der Waals surface area contributed by atoms with Crippen LogP contribution in [-0.2, 0) is 0 Å². The molecule has 20 heavy (non-hydrogen) atoms. The van der Waals surface area contributed by atoms with Crippen LogP contribution < -0.4 is 9.47 Å². The molecule has 0 radical (unpaired) electrons. The van der Waals surface area contributed by atoms with E-state index in [0.717, 1.165) is 12.1 Å². The van der Waals surface area contributed by atoms with Gasteiger partial charge < -0.3 is 14.6 Å². The van der Waals surface area contributed by atoms with Crippen LogP contribution in [0, 0.1) is 0 Å². The van der Waals surface area contributed by atoms with Gasteiger partial charge in [0.2, 0.25) is 0 Å².